The van der Waals surface area contributed by atoms with E-state index in [0.717, 1.165) is 31.4 Å². The van der Waals surface area contributed by atoms with Crippen LogP contribution in [-0.4, -0.2) is 12.1 Å². The van der Waals surface area contributed by atoms with Crippen molar-refractivity contribution in [3.05, 3.63) is 29.8 Å². The molecule has 0 aromatic heterocycles. The molecule has 2 rings (SSSR count). The van der Waals surface area contributed by atoms with E-state index in [2.05, 4.69) is 25.1 Å². The molecule has 0 spiro atoms. The lowest BCUT2D eigenvalue weighted by Gasteiger charge is -2.37. The molecule has 0 aliphatic carbocycles. The van der Waals surface area contributed by atoms with Crippen LogP contribution < -0.4 is 10.5 Å². The fourth-order valence-electron chi connectivity index (χ4n) is 2.33. The largest absolute Gasteiger partial charge is 0.486 e. The molecule has 0 fully saturated rings. The van der Waals surface area contributed by atoms with Gasteiger partial charge in [-0.25, -0.2) is 0 Å². The molecule has 1 aromatic carbocycles. The summed E-state index contributed by atoms with van der Waals surface area (Å²) in [6.45, 7) is 2.80. The number of benzene rings is 1. The Morgan fingerprint density at radius 3 is 2.93 bits per heavy atom. The smallest absolute Gasteiger partial charge is 0.123 e. The zero-order valence-electron chi connectivity index (χ0n) is 9.33. The minimum absolute atomic E-state index is 0.108. The Balaban J connectivity index is 2.22. The number of ether oxygens (including phenoxy) is 1. The molecule has 0 radical (unpaired) electrons. The molecule has 2 N–H and O–H groups in total. The average Bonchev–Trinajstić information content (AvgIpc) is 2.29. The molecule has 1 unspecified atom stereocenters. The van der Waals surface area contributed by atoms with Crippen LogP contribution in [0.3, 0.4) is 0 Å². The first-order valence-corrected chi connectivity index (χ1v) is 5.77. The summed E-state index contributed by atoms with van der Waals surface area (Å²) in [4.78, 5) is 0. The van der Waals surface area contributed by atoms with Crippen LogP contribution in [-0.2, 0) is 6.42 Å². The number of aryl methyl sites for hydroxylation is 1. The predicted molar refractivity (Wildman–Crippen MR) is 62.1 cm³/mol. The van der Waals surface area contributed by atoms with Gasteiger partial charge in [-0.2, -0.15) is 0 Å². The van der Waals surface area contributed by atoms with E-state index in [9.17, 15) is 0 Å². The normalized spacial score (nSPS) is 24.4. The maximum atomic E-state index is 6.08. The van der Waals surface area contributed by atoms with Crippen LogP contribution in [0.1, 0.15) is 31.7 Å². The van der Waals surface area contributed by atoms with Gasteiger partial charge in [0.25, 0.3) is 0 Å². The highest BCUT2D eigenvalue weighted by molar-refractivity contribution is 5.36. The Morgan fingerprint density at radius 1 is 1.40 bits per heavy atom. The molecule has 1 aromatic rings. The molecule has 2 heteroatoms. The highest BCUT2D eigenvalue weighted by atomic mass is 16.5. The summed E-state index contributed by atoms with van der Waals surface area (Å²) in [6.07, 6.45) is 4.32. The van der Waals surface area contributed by atoms with Crippen LogP contribution in [0, 0.1) is 0 Å². The lowest BCUT2D eigenvalue weighted by molar-refractivity contribution is 0.0452. The van der Waals surface area contributed by atoms with Crippen LogP contribution in [0.4, 0.5) is 0 Å². The SMILES string of the molecule is CCCC1(CN)CCc2ccccc2O1. The minimum atomic E-state index is -0.108. The monoisotopic (exact) mass is 205 g/mol. The molecule has 0 bridgehead atoms. The van der Waals surface area contributed by atoms with Crippen molar-refractivity contribution in [1.29, 1.82) is 0 Å². The van der Waals surface area contributed by atoms with E-state index >= 15 is 0 Å². The van der Waals surface area contributed by atoms with Crippen molar-refractivity contribution in [2.75, 3.05) is 6.54 Å². The van der Waals surface area contributed by atoms with E-state index in [1.165, 1.54) is 5.56 Å². The number of fused-ring (bicyclic) bond motifs is 1. The average molecular weight is 205 g/mol. The Kier molecular flexibility index (Phi) is 2.96. The van der Waals surface area contributed by atoms with Gasteiger partial charge in [0.15, 0.2) is 0 Å². The van der Waals surface area contributed by atoms with Crippen LogP contribution in [0.25, 0.3) is 0 Å². The summed E-state index contributed by atoms with van der Waals surface area (Å²) in [5.74, 6) is 1.03. The first-order chi connectivity index (χ1) is 7.29. The van der Waals surface area contributed by atoms with Gasteiger partial charge in [0, 0.05) is 6.54 Å². The number of para-hydroxylation sites is 1. The van der Waals surface area contributed by atoms with E-state index in [-0.39, 0.29) is 5.60 Å². The highest BCUT2D eigenvalue weighted by Crippen LogP contribution is 2.34. The van der Waals surface area contributed by atoms with Crippen molar-refractivity contribution in [2.24, 2.45) is 5.73 Å². The van der Waals surface area contributed by atoms with E-state index < -0.39 is 0 Å². The van der Waals surface area contributed by atoms with Crippen molar-refractivity contribution in [3.63, 3.8) is 0 Å². The van der Waals surface area contributed by atoms with Gasteiger partial charge in [-0.05, 0) is 30.9 Å². The summed E-state index contributed by atoms with van der Waals surface area (Å²) in [7, 11) is 0. The zero-order chi connectivity index (χ0) is 10.7. The van der Waals surface area contributed by atoms with E-state index in [1.807, 2.05) is 6.07 Å². The number of nitrogens with two attached hydrogens (primary N) is 1. The van der Waals surface area contributed by atoms with Gasteiger partial charge in [-0.15, -0.1) is 0 Å². The first kappa shape index (κ1) is 10.5. The molecule has 0 amide bonds. The Morgan fingerprint density at radius 2 is 2.20 bits per heavy atom. The maximum absolute atomic E-state index is 6.08. The minimum Gasteiger partial charge on any atom is -0.486 e. The Bertz CT molecular complexity index is 337. The number of rotatable bonds is 3. The molecule has 1 aliphatic rings. The number of hydrogen-bond acceptors (Lipinski definition) is 2. The topological polar surface area (TPSA) is 35.2 Å². The molecule has 1 aliphatic heterocycles. The lowest BCUT2D eigenvalue weighted by atomic mass is 9.87. The van der Waals surface area contributed by atoms with Gasteiger partial charge in [0.2, 0.25) is 0 Å². The van der Waals surface area contributed by atoms with Crippen molar-refractivity contribution >= 4 is 0 Å². The fraction of sp³-hybridized carbons (Fsp3) is 0.538. The van der Waals surface area contributed by atoms with Gasteiger partial charge in [0.05, 0.1) is 0 Å². The third-order valence-electron chi connectivity index (χ3n) is 3.23. The van der Waals surface area contributed by atoms with Crippen molar-refractivity contribution in [3.8, 4) is 5.75 Å². The Labute approximate surface area is 91.4 Å². The van der Waals surface area contributed by atoms with Gasteiger partial charge < -0.3 is 10.5 Å². The van der Waals surface area contributed by atoms with Crippen molar-refractivity contribution in [2.45, 2.75) is 38.2 Å². The molecular formula is C13H19NO. The van der Waals surface area contributed by atoms with Crippen LogP contribution >= 0.6 is 0 Å². The molecule has 1 atom stereocenters. The molecule has 0 saturated heterocycles. The second-order valence-corrected chi connectivity index (χ2v) is 4.35. The maximum Gasteiger partial charge on any atom is 0.123 e. The summed E-state index contributed by atoms with van der Waals surface area (Å²) in [5, 5.41) is 0. The van der Waals surface area contributed by atoms with Crippen LogP contribution in [0.5, 0.6) is 5.75 Å². The predicted octanol–water partition coefficient (Wildman–Crippen LogP) is 2.51. The molecule has 1 heterocycles. The molecular weight excluding hydrogens is 186 g/mol. The zero-order valence-corrected chi connectivity index (χ0v) is 9.33. The van der Waals surface area contributed by atoms with E-state index in [1.54, 1.807) is 0 Å². The summed E-state index contributed by atoms with van der Waals surface area (Å²) in [6, 6.07) is 8.28. The van der Waals surface area contributed by atoms with Crippen LogP contribution in [0.15, 0.2) is 24.3 Å². The first-order valence-electron chi connectivity index (χ1n) is 5.77. The quantitative estimate of drug-likeness (QED) is 0.823. The van der Waals surface area contributed by atoms with E-state index in [0.29, 0.717) is 6.54 Å². The summed E-state index contributed by atoms with van der Waals surface area (Å²) >= 11 is 0. The lowest BCUT2D eigenvalue weighted by Crippen LogP contribution is -2.46. The number of hydrogen-bond donors (Lipinski definition) is 1. The van der Waals surface area contributed by atoms with Crippen LogP contribution in [0.2, 0.25) is 0 Å². The van der Waals surface area contributed by atoms with Gasteiger partial charge >= 0.3 is 0 Å². The molecule has 15 heavy (non-hydrogen) atoms. The molecule has 0 saturated carbocycles. The fourth-order valence-corrected chi connectivity index (χ4v) is 2.33. The van der Waals surface area contributed by atoms with Gasteiger partial charge in [-0.3, -0.25) is 0 Å². The molecule has 82 valence electrons. The summed E-state index contributed by atoms with van der Waals surface area (Å²) < 4.78 is 6.08. The van der Waals surface area contributed by atoms with Crippen molar-refractivity contribution < 1.29 is 4.74 Å². The Hall–Kier alpha value is -1.02. The van der Waals surface area contributed by atoms with Gasteiger partial charge in [-0.1, -0.05) is 31.5 Å². The van der Waals surface area contributed by atoms with E-state index in [4.69, 9.17) is 10.5 Å². The second-order valence-electron chi connectivity index (χ2n) is 4.35. The van der Waals surface area contributed by atoms with Crippen molar-refractivity contribution in [1.82, 2.24) is 0 Å². The van der Waals surface area contributed by atoms with Gasteiger partial charge in [0.1, 0.15) is 11.4 Å². The third-order valence-corrected chi connectivity index (χ3v) is 3.23. The summed E-state index contributed by atoms with van der Waals surface area (Å²) in [5.41, 5.74) is 7.07. The second kappa shape index (κ2) is 4.23. The standard InChI is InChI=1S/C13H19NO/c1-2-8-13(10-14)9-7-11-5-3-4-6-12(11)15-13/h3-6H,2,7-10,14H2,1H3. The molecule has 2 nitrogen and oxygen atoms in total. The highest BCUT2D eigenvalue weighted by Gasteiger charge is 2.33. The third kappa shape index (κ3) is 2.00.